The van der Waals surface area contributed by atoms with Crippen molar-refractivity contribution in [3.05, 3.63) is 35.6 Å². The maximum absolute atomic E-state index is 12.8. The molecular formula is C15H20FNO3. The zero-order chi connectivity index (χ0) is 14.4. The molecule has 110 valence electrons. The fourth-order valence-electron chi connectivity index (χ4n) is 2.31. The first-order chi connectivity index (χ1) is 9.69. The van der Waals surface area contributed by atoms with Crippen LogP contribution in [0.15, 0.2) is 24.3 Å². The number of benzene rings is 1. The van der Waals surface area contributed by atoms with Crippen LogP contribution in [-0.2, 0) is 9.47 Å². The summed E-state index contributed by atoms with van der Waals surface area (Å²) in [5.41, 5.74) is 0.563. The maximum atomic E-state index is 12.8. The van der Waals surface area contributed by atoms with Crippen LogP contribution in [0.4, 0.5) is 4.39 Å². The molecule has 5 heteroatoms. The van der Waals surface area contributed by atoms with Crippen LogP contribution in [0.3, 0.4) is 0 Å². The number of Topliss-reactive ketones (excluding diaryl/α,β-unsaturated/α-hetero) is 1. The van der Waals surface area contributed by atoms with E-state index in [-0.39, 0.29) is 17.7 Å². The number of ether oxygens (including phenoxy) is 2. The van der Waals surface area contributed by atoms with Gasteiger partial charge in [-0.2, -0.15) is 0 Å². The molecule has 1 atom stereocenters. The molecule has 0 bridgehead atoms. The van der Waals surface area contributed by atoms with Crippen molar-refractivity contribution in [3.8, 4) is 0 Å². The summed E-state index contributed by atoms with van der Waals surface area (Å²) in [6.45, 7) is 3.54. The van der Waals surface area contributed by atoms with E-state index in [1.807, 2.05) is 0 Å². The zero-order valence-corrected chi connectivity index (χ0v) is 11.7. The smallest absolute Gasteiger partial charge is 0.164 e. The number of halogens is 1. The van der Waals surface area contributed by atoms with Crippen LogP contribution in [0.5, 0.6) is 0 Å². The molecule has 4 nitrogen and oxygen atoms in total. The van der Waals surface area contributed by atoms with E-state index in [9.17, 15) is 9.18 Å². The van der Waals surface area contributed by atoms with Gasteiger partial charge in [0.1, 0.15) is 5.82 Å². The number of nitrogens with zero attached hydrogens (tertiary/aromatic N) is 1. The van der Waals surface area contributed by atoms with Gasteiger partial charge in [-0.1, -0.05) is 0 Å². The topological polar surface area (TPSA) is 38.8 Å². The van der Waals surface area contributed by atoms with Crippen LogP contribution in [-0.4, -0.2) is 56.7 Å². The molecule has 0 amide bonds. The third-order valence-corrected chi connectivity index (χ3v) is 3.40. The molecule has 2 rings (SSSR count). The van der Waals surface area contributed by atoms with Gasteiger partial charge in [0.05, 0.1) is 19.3 Å². The van der Waals surface area contributed by atoms with E-state index in [4.69, 9.17) is 9.47 Å². The number of hydrogen-bond donors (Lipinski definition) is 0. The molecule has 0 aromatic heterocycles. The number of methoxy groups -OCH3 is 1. The molecule has 1 aliphatic heterocycles. The minimum Gasteiger partial charge on any atom is -0.382 e. The molecule has 1 heterocycles. The van der Waals surface area contributed by atoms with Gasteiger partial charge in [0, 0.05) is 38.7 Å². The Morgan fingerprint density at radius 3 is 2.90 bits per heavy atom. The second-order valence-corrected chi connectivity index (χ2v) is 4.93. The molecule has 0 saturated carbocycles. The Kier molecular flexibility index (Phi) is 5.64. The largest absolute Gasteiger partial charge is 0.382 e. The number of hydrogen-bond acceptors (Lipinski definition) is 4. The van der Waals surface area contributed by atoms with E-state index in [1.165, 1.54) is 24.3 Å². The lowest BCUT2D eigenvalue weighted by atomic mass is 10.1. The second-order valence-electron chi connectivity index (χ2n) is 4.93. The van der Waals surface area contributed by atoms with Crippen LogP contribution < -0.4 is 0 Å². The Morgan fingerprint density at radius 2 is 2.20 bits per heavy atom. The van der Waals surface area contributed by atoms with Crippen molar-refractivity contribution < 1.29 is 18.7 Å². The molecule has 1 saturated heterocycles. The Morgan fingerprint density at radius 1 is 1.45 bits per heavy atom. The van der Waals surface area contributed by atoms with Gasteiger partial charge in [-0.15, -0.1) is 0 Å². The minimum absolute atomic E-state index is 0.0415. The van der Waals surface area contributed by atoms with Crippen molar-refractivity contribution in [1.82, 2.24) is 4.90 Å². The average molecular weight is 281 g/mol. The molecule has 1 aromatic carbocycles. The average Bonchev–Trinajstić information content (AvgIpc) is 2.46. The van der Waals surface area contributed by atoms with Crippen LogP contribution in [0, 0.1) is 5.82 Å². The molecular weight excluding hydrogens is 261 g/mol. The number of rotatable bonds is 6. The van der Waals surface area contributed by atoms with Crippen molar-refractivity contribution in [2.45, 2.75) is 12.5 Å². The Bertz CT molecular complexity index is 433. The van der Waals surface area contributed by atoms with Gasteiger partial charge in [0.2, 0.25) is 0 Å². The number of morpholine rings is 1. The second kappa shape index (κ2) is 7.47. The van der Waals surface area contributed by atoms with E-state index < -0.39 is 0 Å². The van der Waals surface area contributed by atoms with E-state index >= 15 is 0 Å². The lowest BCUT2D eigenvalue weighted by molar-refractivity contribution is -0.0605. The zero-order valence-electron chi connectivity index (χ0n) is 11.7. The highest BCUT2D eigenvalue weighted by molar-refractivity contribution is 5.96. The van der Waals surface area contributed by atoms with Gasteiger partial charge in [-0.05, 0) is 24.3 Å². The van der Waals surface area contributed by atoms with Gasteiger partial charge in [0.25, 0.3) is 0 Å². The quantitative estimate of drug-likeness (QED) is 0.745. The van der Waals surface area contributed by atoms with Crippen LogP contribution in [0.2, 0.25) is 0 Å². The summed E-state index contributed by atoms with van der Waals surface area (Å²) in [7, 11) is 1.65. The predicted octanol–water partition coefficient (Wildman–Crippen LogP) is 1.75. The normalized spacial score (nSPS) is 20.0. The maximum Gasteiger partial charge on any atom is 0.164 e. The summed E-state index contributed by atoms with van der Waals surface area (Å²) in [5, 5.41) is 0. The summed E-state index contributed by atoms with van der Waals surface area (Å²) in [4.78, 5) is 14.2. The van der Waals surface area contributed by atoms with E-state index in [1.54, 1.807) is 7.11 Å². The van der Waals surface area contributed by atoms with Crippen LogP contribution in [0.25, 0.3) is 0 Å². The minimum atomic E-state index is -0.322. The van der Waals surface area contributed by atoms with E-state index in [2.05, 4.69) is 4.90 Å². The number of carbonyl (C=O) groups excluding carboxylic acids is 1. The molecule has 1 aliphatic rings. The summed E-state index contributed by atoms with van der Waals surface area (Å²) < 4.78 is 23.4. The standard InChI is InChI=1S/C15H20FNO3/c1-19-11-14-10-17(8-9-20-14)7-6-15(18)12-2-4-13(16)5-3-12/h2-5,14H,6-11H2,1H3. The summed E-state index contributed by atoms with van der Waals surface area (Å²) >= 11 is 0. The van der Waals surface area contributed by atoms with Crippen LogP contribution >= 0.6 is 0 Å². The first-order valence-electron chi connectivity index (χ1n) is 6.80. The lowest BCUT2D eigenvalue weighted by Crippen LogP contribution is -2.44. The highest BCUT2D eigenvalue weighted by Crippen LogP contribution is 2.09. The van der Waals surface area contributed by atoms with Crippen LogP contribution in [0.1, 0.15) is 16.8 Å². The summed E-state index contributed by atoms with van der Waals surface area (Å²) in [6.07, 6.45) is 0.514. The highest BCUT2D eigenvalue weighted by atomic mass is 19.1. The van der Waals surface area contributed by atoms with Gasteiger partial charge in [0.15, 0.2) is 5.78 Å². The molecule has 0 spiro atoms. The van der Waals surface area contributed by atoms with Crippen molar-refractivity contribution in [2.24, 2.45) is 0 Å². The Balaban J connectivity index is 1.79. The molecule has 0 radical (unpaired) electrons. The number of ketones is 1. The lowest BCUT2D eigenvalue weighted by Gasteiger charge is -2.32. The Hall–Kier alpha value is -1.30. The van der Waals surface area contributed by atoms with Gasteiger partial charge in [-0.3, -0.25) is 9.69 Å². The van der Waals surface area contributed by atoms with Crippen molar-refractivity contribution in [1.29, 1.82) is 0 Å². The summed E-state index contributed by atoms with van der Waals surface area (Å²) in [6, 6.07) is 5.70. The van der Waals surface area contributed by atoms with E-state index in [0.29, 0.717) is 31.7 Å². The molecule has 1 aromatic rings. The van der Waals surface area contributed by atoms with Gasteiger partial charge in [-0.25, -0.2) is 4.39 Å². The van der Waals surface area contributed by atoms with Gasteiger partial charge >= 0.3 is 0 Å². The first kappa shape index (κ1) is 15.1. The van der Waals surface area contributed by atoms with Crippen molar-refractivity contribution >= 4 is 5.78 Å². The number of carbonyl (C=O) groups is 1. The fourth-order valence-corrected chi connectivity index (χ4v) is 2.31. The van der Waals surface area contributed by atoms with E-state index in [0.717, 1.165) is 13.1 Å². The first-order valence-corrected chi connectivity index (χ1v) is 6.80. The third-order valence-electron chi connectivity index (χ3n) is 3.40. The SMILES string of the molecule is COCC1CN(CCC(=O)c2ccc(F)cc2)CCO1. The van der Waals surface area contributed by atoms with Gasteiger partial charge < -0.3 is 9.47 Å². The highest BCUT2D eigenvalue weighted by Gasteiger charge is 2.20. The van der Waals surface area contributed by atoms with Crippen molar-refractivity contribution in [3.63, 3.8) is 0 Å². The van der Waals surface area contributed by atoms with Crippen molar-refractivity contribution in [2.75, 3.05) is 40.0 Å². The Labute approximate surface area is 118 Å². The molecule has 20 heavy (non-hydrogen) atoms. The molecule has 0 aliphatic carbocycles. The molecule has 1 fully saturated rings. The third kappa shape index (κ3) is 4.37. The molecule has 0 N–H and O–H groups in total. The molecule has 1 unspecified atom stereocenters. The monoisotopic (exact) mass is 281 g/mol. The summed E-state index contributed by atoms with van der Waals surface area (Å²) in [5.74, 6) is -0.281. The predicted molar refractivity (Wildman–Crippen MR) is 73.4 cm³/mol. The fraction of sp³-hybridized carbons (Fsp3) is 0.533.